The minimum absolute atomic E-state index is 0.409. The van der Waals surface area contributed by atoms with E-state index in [1.165, 1.54) is 38.8 Å². The van der Waals surface area contributed by atoms with Crippen LogP contribution in [0.1, 0.15) is 60.3 Å². The molecule has 0 heterocycles. The van der Waals surface area contributed by atoms with E-state index in [1.54, 1.807) is 0 Å². The SMILES string of the molecule is CCCCN(CC(C)(CC)CNC)C(C)CC. The van der Waals surface area contributed by atoms with Gasteiger partial charge < -0.3 is 10.2 Å². The van der Waals surface area contributed by atoms with Crippen LogP contribution in [-0.2, 0) is 0 Å². The van der Waals surface area contributed by atoms with Gasteiger partial charge in [-0.25, -0.2) is 0 Å². The lowest BCUT2D eigenvalue weighted by Gasteiger charge is -2.38. The van der Waals surface area contributed by atoms with E-state index >= 15 is 0 Å². The van der Waals surface area contributed by atoms with Gasteiger partial charge in [0.2, 0.25) is 0 Å². The topological polar surface area (TPSA) is 15.3 Å². The van der Waals surface area contributed by atoms with E-state index in [-0.39, 0.29) is 0 Å². The summed E-state index contributed by atoms with van der Waals surface area (Å²) in [5, 5.41) is 3.35. The highest BCUT2D eigenvalue weighted by atomic mass is 15.2. The Morgan fingerprint density at radius 2 is 1.88 bits per heavy atom. The lowest BCUT2D eigenvalue weighted by molar-refractivity contribution is 0.117. The van der Waals surface area contributed by atoms with Crippen LogP contribution in [0, 0.1) is 5.41 Å². The molecule has 17 heavy (non-hydrogen) atoms. The zero-order valence-corrected chi connectivity index (χ0v) is 13.0. The molecule has 2 nitrogen and oxygen atoms in total. The summed E-state index contributed by atoms with van der Waals surface area (Å²) in [4.78, 5) is 2.68. The molecule has 0 aliphatic heterocycles. The van der Waals surface area contributed by atoms with Gasteiger partial charge in [0.15, 0.2) is 0 Å². The van der Waals surface area contributed by atoms with Gasteiger partial charge in [0, 0.05) is 19.1 Å². The average Bonchev–Trinajstić information content (AvgIpc) is 2.33. The Hall–Kier alpha value is -0.0800. The Bertz CT molecular complexity index is 182. The first-order valence-corrected chi connectivity index (χ1v) is 7.41. The maximum Gasteiger partial charge on any atom is 0.00645 e. The van der Waals surface area contributed by atoms with Crippen molar-refractivity contribution in [3.8, 4) is 0 Å². The van der Waals surface area contributed by atoms with E-state index in [9.17, 15) is 0 Å². The van der Waals surface area contributed by atoms with Gasteiger partial charge in [-0.15, -0.1) is 0 Å². The number of nitrogens with zero attached hydrogens (tertiary/aromatic N) is 1. The van der Waals surface area contributed by atoms with E-state index < -0.39 is 0 Å². The number of unbranched alkanes of at least 4 members (excludes halogenated alkanes) is 1. The summed E-state index contributed by atoms with van der Waals surface area (Å²) in [5.74, 6) is 0. The highest BCUT2D eigenvalue weighted by Crippen LogP contribution is 2.23. The fourth-order valence-corrected chi connectivity index (χ4v) is 2.28. The van der Waals surface area contributed by atoms with Crippen molar-refractivity contribution in [1.82, 2.24) is 10.2 Å². The summed E-state index contributed by atoms with van der Waals surface area (Å²) in [5.41, 5.74) is 0.409. The largest absolute Gasteiger partial charge is 0.319 e. The molecule has 0 spiro atoms. The Labute approximate surface area is 109 Å². The molecule has 0 fully saturated rings. The van der Waals surface area contributed by atoms with Gasteiger partial charge in [-0.3, -0.25) is 0 Å². The Morgan fingerprint density at radius 1 is 1.24 bits per heavy atom. The number of nitrogens with one attached hydrogen (secondary N) is 1. The van der Waals surface area contributed by atoms with Gasteiger partial charge >= 0.3 is 0 Å². The first-order valence-electron chi connectivity index (χ1n) is 7.41. The first kappa shape index (κ1) is 16.9. The molecule has 1 N–H and O–H groups in total. The number of rotatable bonds is 10. The molecule has 0 amide bonds. The molecule has 2 unspecified atom stereocenters. The highest BCUT2D eigenvalue weighted by molar-refractivity contribution is 4.81. The predicted molar refractivity (Wildman–Crippen MR) is 78.6 cm³/mol. The fourth-order valence-electron chi connectivity index (χ4n) is 2.28. The highest BCUT2D eigenvalue weighted by Gasteiger charge is 2.26. The van der Waals surface area contributed by atoms with Crippen molar-refractivity contribution in [3.63, 3.8) is 0 Å². The summed E-state index contributed by atoms with van der Waals surface area (Å²) >= 11 is 0. The normalized spacial score (nSPS) is 17.1. The Kier molecular flexibility index (Phi) is 8.89. The van der Waals surface area contributed by atoms with Crippen LogP contribution in [0.2, 0.25) is 0 Å². The standard InChI is InChI=1S/C15H34N2/c1-7-10-11-17(14(4)8-2)13-15(5,9-3)12-16-6/h14,16H,7-13H2,1-6H3. The second-order valence-corrected chi connectivity index (χ2v) is 5.78. The lowest BCUT2D eigenvalue weighted by Crippen LogP contribution is -2.45. The third-order valence-electron chi connectivity index (χ3n) is 4.05. The quantitative estimate of drug-likeness (QED) is 0.630. The van der Waals surface area contributed by atoms with E-state index in [0.29, 0.717) is 11.5 Å². The third kappa shape index (κ3) is 6.42. The first-order chi connectivity index (χ1) is 8.02. The minimum Gasteiger partial charge on any atom is -0.319 e. The molecular formula is C15H34N2. The Morgan fingerprint density at radius 3 is 2.29 bits per heavy atom. The summed E-state index contributed by atoms with van der Waals surface area (Å²) in [7, 11) is 2.06. The molecule has 2 heteroatoms. The molecule has 0 saturated carbocycles. The summed E-state index contributed by atoms with van der Waals surface area (Å²) < 4.78 is 0. The van der Waals surface area contributed by atoms with E-state index in [0.717, 1.165) is 6.54 Å². The van der Waals surface area contributed by atoms with E-state index in [4.69, 9.17) is 0 Å². The summed E-state index contributed by atoms with van der Waals surface area (Å²) in [6.07, 6.45) is 5.11. The van der Waals surface area contributed by atoms with Crippen LogP contribution in [0.4, 0.5) is 0 Å². The van der Waals surface area contributed by atoms with Gasteiger partial charge in [0.25, 0.3) is 0 Å². The van der Waals surface area contributed by atoms with E-state index in [2.05, 4.69) is 51.9 Å². The molecule has 2 atom stereocenters. The molecule has 104 valence electrons. The summed E-state index contributed by atoms with van der Waals surface area (Å²) in [6, 6.07) is 0.712. The van der Waals surface area contributed by atoms with Crippen LogP contribution in [0.5, 0.6) is 0 Å². The molecule has 0 saturated heterocycles. The van der Waals surface area contributed by atoms with Crippen LogP contribution in [0.3, 0.4) is 0 Å². The fraction of sp³-hybridized carbons (Fsp3) is 1.00. The number of hydrogen-bond acceptors (Lipinski definition) is 2. The molecule has 0 aliphatic carbocycles. The van der Waals surface area contributed by atoms with Crippen LogP contribution in [0.25, 0.3) is 0 Å². The van der Waals surface area contributed by atoms with Crippen LogP contribution in [0.15, 0.2) is 0 Å². The van der Waals surface area contributed by atoms with Gasteiger partial charge in [-0.05, 0) is 45.2 Å². The predicted octanol–water partition coefficient (Wildman–Crippen LogP) is 3.52. The minimum atomic E-state index is 0.409. The van der Waals surface area contributed by atoms with E-state index in [1.807, 2.05) is 0 Å². The monoisotopic (exact) mass is 242 g/mol. The van der Waals surface area contributed by atoms with Crippen molar-refractivity contribution in [2.45, 2.75) is 66.3 Å². The molecule has 0 radical (unpaired) electrons. The van der Waals surface area contributed by atoms with Crippen LogP contribution < -0.4 is 5.32 Å². The van der Waals surface area contributed by atoms with Gasteiger partial charge in [-0.1, -0.05) is 34.1 Å². The average molecular weight is 242 g/mol. The van der Waals surface area contributed by atoms with Crippen molar-refractivity contribution in [3.05, 3.63) is 0 Å². The van der Waals surface area contributed by atoms with Crippen molar-refractivity contribution in [2.75, 3.05) is 26.7 Å². The smallest absolute Gasteiger partial charge is 0.00645 e. The molecule has 0 aromatic carbocycles. The molecule has 0 rings (SSSR count). The van der Waals surface area contributed by atoms with Crippen LogP contribution >= 0.6 is 0 Å². The molecular weight excluding hydrogens is 208 g/mol. The van der Waals surface area contributed by atoms with Crippen molar-refractivity contribution in [2.24, 2.45) is 5.41 Å². The molecule has 0 aromatic heterocycles. The molecule has 0 aromatic rings. The zero-order valence-electron chi connectivity index (χ0n) is 13.0. The molecule has 0 bridgehead atoms. The maximum atomic E-state index is 3.35. The summed E-state index contributed by atoms with van der Waals surface area (Å²) in [6.45, 7) is 15.3. The van der Waals surface area contributed by atoms with Gasteiger partial charge in [0.1, 0.15) is 0 Å². The molecule has 0 aliphatic rings. The maximum absolute atomic E-state index is 3.35. The lowest BCUT2D eigenvalue weighted by atomic mass is 9.86. The zero-order chi connectivity index (χ0) is 13.3. The van der Waals surface area contributed by atoms with Crippen molar-refractivity contribution < 1.29 is 0 Å². The van der Waals surface area contributed by atoms with Crippen LogP contribution in [-0.4, -0.2) is 37.6 Å². The second-order valence-electron chi connectivity index (χ2n) is 5.78. The second kappa shape index (κ2) is 8.93. The Balaban J connectivity index is 4.46. The third-order valence-corrected chi connectivity index (χ3v) is 4.05. The van der Waals surface area contributed by atoms with Crippen molar-refractivity contribution >= 4 is 0 Å². The number of hydrogen-bond donors (Lipinski definition) is 1. The van der Waals surface area contributed by atoms with Gasteiger partial charge in [0.05, 0.1) is 0 Å². The van der Waals surface area contributed by atoms with Gasteiger partial charge in [-0.2, -0.15) is 0 Å². The van der Waals surface area contributed by atoms with Crippen molar-refractivity contribution in [1.29, 1.82) is 0 Å².